The number of hydrogen-bond acceptors (Lipinski definition) is 7. The maximum atomic E-state index is 12.8. The van der Waals surface area contributed by atoms with Crippen LogP contribution in [0.3, 0.4) is 0 Å². The van der Waals surface area contributed by atoms with Crippen LogP contribution in [0.15, 0.2) is 52.3 Å². The van der Waals surface area contributed by atoms with Crippen LogP contribution in [0.25, 0.3) is 0 Å². The smallest absolute Gasteiger partial charge is 0.257 e. The zero-order valence-electron chi connectivity index (χ0n) is 17.9. The topological polar surface area (TPSA) is 101 Å². The number of nitrogens with zero attached hydrogens (tertiary/aromatic N) is 3. The van der Waals surface area contributed by atoms with Crippen LogP contribution in [0.4, 0.5) is 11.6 Å². The second-order valence-corrected chi connectivity index (χ2v) is 7.49. The fourth-order valence-electron chi connectivity index (χ4n) is 3.45. The molecule has 0 fully saturated rings. The highest BCUT2D eigenvalue weighted by molar-refractivity contribution is 6.03. The summed E-state index contributed by atoms with van der Waals surface area (Å²) in [6, 6.07) is 12.5. The second-order valence-electron chi connectivity index (χ2n) is 7.49. The van der Waals surface area contributed by atoms with E-state index in [1.54, 1.807) is 25.1 Å². The number of aryl methyl sites for hydroxylation is 3. The fraction of sp³-hybridized carbons (Fsp3) is 0.261. The van der Waals surface area contributed by atoms with Gasteiger partial charge in [-0.2, -0.15) is 0 Å². The van der Waals surface area contributed by atoms with E-state index in [9.17, 15) is 9.90 Å². The van der Waals surface area contributed by atoms with Gasteiger partial charge < -0.3 is 15.2 Å². The molecule has 8 heteroatoms. The number of aliphatic imine (C=N–C) groups is 1. The van der Waals surface area contributed by atoms with Crippen LogP contribution in [-0.4, -0.2) is 27.2 Å². The van der Waals surface area contributed by atoms with E-state index in [2.05, 4.69) is 22.5 Å². The van der Waals surface area contributed by atoms with Crippen LogP contribution in [0.1, 0.15) is 35.5 Å². The first-order valence-corrected chi connectivity index (χ1v) is 10.1. The minimum Gasteiger partial charge on any atom is -0.504 e. The van der Waals surface area contributed by atoms with Gasteiger partial charge in [0.25, 0.3) is 5.56 Å². The van der Waals surface area contributed by atoms with Crippen molar-refractivity contribution in [1.29, 1.82) is 0 Å². The van der Waals surface area contributed by atoms with E-state index >= 15 is 0 Å². The predicted molar refractivity (Wildman–Crippen MR) is 121 cm³/mol. The molecule has 1 aliphatic heterocycles. The third-order valence-electron chi connectivity index (χ3n) is 5.16. The van der Waals surface area contributed by atoms with E-state index in [1.165, 1.54) is 16.2 Å². The van der Waals surface area contributed by atoms with Gasteiger partial charge in [0.05, 0.1) is 6.61 Å². The highest BCUT2D eigenvalue weighted by Crippen LogP contribution is 2.33. The highest BCUT2D eigenvalue weighted by atomic mass is 16.5. The van der Waals surface area contributed by atoms with Crippen LogP contribution in [0.2, 0.25) is 0 Å². The summed E-state index contributed by atoms with van der Waals surface area (Å²) in [5, 5.41) is 16.5. The number of aromatic hydroxyl groups is 1. The van der Waals surface area contributed by atoms with Gasteiger partial charge in [-0.25, -0.2) is 9.98 Å². The van der Waals surface area contributed by atoms with Gasteiger partial charge in [0.1, 0.15) is 0 Å². The van der Waals surface area contributed by atoms with Gasteiger partial charge >= 0.3 is 0 Å². The summed E-state index contributed by atoms with van der Waals surface area (Å²) < 4.78 is 7.01. The molecule has 1 unspecified atom stereocenters. The van der Waals surface area contributed by atoms with Gasteiger partial charge in [-0.15, -0.1) is 0 Å². The molecule has 1 aliphatic rings. The Morgan fingerprint density at radius 2 is 1.94 bits per heavy atom. The van der Waals surface area contributed by atoms with E-state index in [4.69, 9.17) is 9.73 Å². The highest BCUT2D eigenvalue weighted by Gasteiger charge is 2.26. The third-order valence-corrected chi connectivity index (χ3v) is 5.16. The molecule has 1 atom stereocenters. The lowest BCUT2D eigenvalue weighted by Gasteiger charge is -2.27. The zero-order chi connectivity index (χ0) is 22.1. The van der Waals surface area contributed by atoms with E-state index in [0.29, 0.717) is 35.5 Å². The summed E-state index contributed by atoms with van der Waals surface area (Å²) in [6.07, 6.45) is -0.675. The lowest BCUT2D eigenvalue weighted by molar-refractivity contribution is 0.317. The summed E-state index contributed by atoms with van der Waals surface area (Å²) in [7, 11) is 0. The lowest BCUT2D eigenvalue weighted by atomic mass is 10.1. The largest absolute Gasteiger partial charge is 0.504 e. The summed E-state index contributed by atoms with van der Waals surface area (Å²) in [4.78, 5) is 22.0. The van der Waals surface area contributed by atoms with Crippen LogP contribution in [0.5, 0.6) is 11.5 Å². The number of rotatable bonds is 4. The standard InChI is InChI=1S/C23H25N5O3/c1-5-31-19-12-16(7-9-18(19)29)21-26-22(25-17-8-6-13(2)14(3)10-17)27-23-24-15(4)11-20(30)28(21)23/h6-12,21,29H,5H2,1-4H3,(H2,24,25,26,27). The van der Waals surface area contributed by atoms with Crippen LogP contribution >= 0.6 is 0 Å². The molecule has 160 valence electrons. The third kappa shape index (κ3) is 4.09. The Morgan fingerprint density at radius 1 is 1.13 bits per heavy atom. The van der Waals surface area contributed by atoms with Crippen molar-refractivity contribution in [3.63, 3.8) is 0 Å². The van der Waals surface area contributed by atoms with Crippen molar-refractivity contribution < 1.29 is 9.84 Å². The van der Waals surface area contributed by atoms with Crippen molar-refractivity contribution in [3.05, 3.63) is 75.2 Å². The minimum atomic E-state index is -0.675. The molecule has 0 radical (unpaired) electrons. The first-order valence-electron chi connectivity index (χ1n) is 10.1. The molecule has 31 heavy (non-hydrogen) atoms. The number of anilines is 2. The zero-order valence-corrected chi connectivity index (χ0v) is 17.9. The maximum absolute atomic E-state index is 12.8. The van der Waals surface area contributed by atoms with Crippen molar-refractivity contribution in [2.45, 2.75) is 33.9 Å². The van der Waals surface area contributed by atoms with Gasteiger partial charge in [0, 0.05) is 23.0 Å². The summed E-state index contributed by atoms with van der Waals surface area (Å²) in [6.45, 7) is 8.12. The van der Waals surface area contributed by atoms with Crippen molar-refractivity contribution in [3.8, 4) is 11.5 Å². The fourth-order valence-corrected chi connectivity index (χ4v) is 3.45. The van der Waals surface area contributed by atoms with E-state index in [1.807, 2.05) is 32.0 Å². The molecule has 0 bridgehead atoms. The number of nitrogens with one attached hydrogen (secondary N) is 2. The normalized spacial score (nSPS) is 15.0. The number of ether oxygens (including phenoxy) is 1. The van der Waals surface area contributed by atoms with Crippen LogP contribution in [-0.2, 0) is 0 Å². The van der Waals surface area contributed by atoms with Gasteiger partial charge in [-0.1, -0.05) is 12.1 Å². The predicted octanol–water partition coefficient (Wildman–Crippen LogP) is 3.71. The Hall–Kier alpha value is -3.81. The monoisotopic (exact) mass is 419 g/mol. The summed E-state index contributed by atoms with van der Waals surface area (Å²) in [5.74, 6) is 1.23. The van der Waals surface area contributed by atoms with Crippen molar-refractivity contribution in [1.82, 2.24) is 9.55 Å². The lowest BCUT2D eigenvalue weighted by Crippen LogP contribution is -2.37. The Labute approximate surface area is 180 Å². The molecule has 8 nitrogen and oxygen atoms in total. The molecule has 0 aliphatic carbocycles. The number of benzene rings is 2. The van der Waals surface area contributed by atoms with Gasteiger partial charge in [-0.05, 0) is 63.1 Å². The number of fused-ring (bicyclic) bond motifs is 1. The molecule has 0 saturated heterocycles. The molecule has 3 N–H and O–H groups in total. The Kier molecular flexibility index (Phi) is 5.37. The first-order chi connectivity index (χ1) is 14.9. The molecule has 1 aromatic heterocycles. The van der Waals surface area contributed by atoms with E-state index in [0.717, 1.165) is 11.3 Å². The van der Waals surface area contributed by atoms with Gasteiger partial charge in [0.15, 0.2) is 17.7 Å². The molecule has 0 saturated carbocycles. The molecule has 4 rings (SSSR count). The second kappa shape index (κ2) is 8.14. The average molecular weight is 419 g/mol. The molecule has 2 aromatic carbocycles. The molecular weight excluding hydrogens is 394 g/mol. The van der Waals surface area contributed by atoms with Gasteiger partial charge in [0.2, 0.25) is 11.9 Å². The number of phenolic OH excluding ortho intramolecular Hbond substituents is 1. The van der Waals surface area contributed by atoms with Crippen LogP contribution < -0.4 is 20.9 Å². The Morgan fingerprint density at radius 3 is 2.68 bits per heavy atom. The average Bonchev–Trinajstić information content (AvgIpc) is 2.71. The number of phenols is 1. The SMILES string of the molecule is CCOc1cc(C2N=C(Nc3ccc(C)c(C)c3)Nc3nc(C)cc(=O)n32)ccc1O. The van der Waals surface area contributed by atoms with E-state index in [-0.39, 0.29) is 11.3 Å². The molecular formula is C23H25N5O3. The minimum absolute atomic E-state index is 0.0339. The van der Waals surface area contributed by atoms with Gasteiger partial charge in [-0.3, -0.25) is 14.7 Å². The van der Waals surface area contributed by atoms with Crippen molar-refractivity contribution >= 4 is 17.6 Å². The number of hydrogen-bond donors (Lipinski definition) is 3. The van der Waals surface area contributed by atoms with E-state index < -0.39 is 6.17 Å². The quantitative estimate of drug-likeness (QED) is 0.596. The van der Waals surface area contributed by atoms with Crippen LogP contribution in [0, 0.1) is 20.8 Å². The Balaban J connectivity index is 1.80. The molecule has 0 amide bonds. The number of aromatic nitrogens is 2. The molecule has 2 heterocycles. The maximum Gasteiger partial charge on any atom is 0.257 e. The Bertz CT molecular complexity index is 1230. The first kappa shape index (κ1) is 20.5. The van der Waals surface area contributed by atoms with Crippen molar-refractivity contribution in [2.75, 3.05) is 17.2 Å². The summed E-state index contributed by atoms with van der Waals surface area (Å²) >= 11 is 0. The summed E-state index contributed by atoms with van der Waals surface area (Å²) in [5.41, 5.74) is 4.30. The molecule has 0 spiro atoms. The van der Waals surface area contributed by atoms with Crippen molar-refractivity contribution in [2.24, 2.45) is 4.99 Å². The molecule has 3 aromatic rings. The number of guanidine groups is 1.